The Morgan fingerprint density at radius 1 is 1.47 bits per heavy atom. The van der Waals surface area contributed by atoms with Crippen LogP contribution in [0.2, 0.25) is 0 Å². The molecule has 0 spiro atoms. The second-order valence-electron chi connectivity index (χ2n) is 4.08. The molecule has 2 nitrogen and oxygen atoms in total. The Kier molecular flexibility index (Phi) is 4.05. The van der Waals surface area contributed by atoms with Gasteiger partial charge in [-0.3, -0.25) is 0 Å². The molecule has 0 aromatic carbocycles. The van der Waals surface area contributed by atoms with E-state index in [0.717, 1.165) is 0 Å². The fourth-order valence-electron chi connectivity index (χ4n) is 2.02. The third kappa shape index (κ3) is 2.95. The van der Waals surface area contributed by atoms with E-state index in [1.54, 1.807) is 11.3 Å². The third-order valence-corrected chi connectivity index (χ3v) is 5.05. The summed E-state index contributed by atoms with van der Waals surface area (Å²) >= 11 is 3.84. The summed E-state index contributed by atoms with van der Waals surface area (Å²) in [6.45, 7) is 4.35. The molecule has 1 unspecified atom stereocenters. The van der Waals surface area contributed by atoms with Crippen molar-refractivity contribution < 1.29 is 0 Å². The highest BCUT2D eigenvalue weighted by Crippen LogP contribution is 2.24. The largest absolute Gasteiger partial charge is 0.307 e. The highest BCUT2D eigenvalue weighted by molar-refractivity contribution is 7.99. The number of hydrogen-bond donors (Lipinski definition) is 1. The van der Waals surface area contributed by atoms with Crippen LogP contribution in [0.15, 0.2) is 5.51 Å². The molecule has 1 atom stereocenters. The molecule has 1 aromatic heterocycles. The molecule has 1 aliphatic heterocycles. The fourth-order valence-corrected chi connectivity index (χ4v) is 3.95. The molecule has 84 valence electrons. The van der Waals surface area contributed by atoms with Gasteiger partial charge in [-0.25, -0.2) is 4.98 Å². The van der Waals surface area contributed by atoms with Crippen molar-refractivity contribution in [2.75, 3.05) is 11.5 Å². The minimum Gasteiger partial charge on any atom is -0.307 e. The van der Waals surface area contributed by atoms with Gasteiger partial charge >= 0.3 is 0 Å². The highest BCUT2D eigenvalue weighted by Gasteiger charge is 2.18. The van der Waals surface area contributed by atoms with E-state index >= 15 is 0 Å². The summed E-state index contributed by atoms with van der Waals surface area (Å²) < 4.78 is 0. The number of thioether (sulfide) groups is 1. The Bertz CT molecular complexity index is 305. The summed E-state index contributed by atoms with van der Waals surface area (Å²) in [5, 5.41) is 3.72. The predicted octanol–water partition coefficient (Wildman–Crippen LogP) is 3.00. The van der Waals surface area contributed by atoms with Crippen LogP contribution >= 0.6 is 23.1 Å². The first-order valence-electron chi connectivity index (χ1n) is 5.51. The van der Waals surface area contributed by atoms with Crippen molar-refractivity contribution in [3.8, 4) is 0 Å². The lowest BCUT2D eigenvalue weighted by Gasteiger charge is -2.26. The topological polar surface area (TPSA) is 24.9 Å². The maximum atomic E-state index is 4.31. The smallest absolute Gasteiger partial charge is 0.0798 e. The van der Waals surface area contributed by atoms with Gasteiger partial charge in [-0.1, -0.05) is 0 Å². The minimum atomic E-state index is 0.464. The molecule has 1 N–H and O–H groups in total. The molecule has 15 heavy (non-hydrogen) atoms. The van der Waals surface area contributed by atoms with Crippen molar-refractivity contribution >= 4 is 23.1 Å². The van der Waals surface area contributed by atoms with E-state index < -0.39 is 0 Å². The average Bonchev–Trinajstić information content (AvgIpc) is 2.66. The maximum absolute atomic E-state index is 4.31. The summed E-state index contributed by atoms with van der Waals surface area (Å²) in [7, 11) is 0. The molecule has 0 radical (unpaired) electrons. The van der Waals surface area contributed by atoms with Gasteiger partial charge < -0.3 is 5.32 Å². The van der Waals surface area contributed by atoms with Crippen molar-refractivity contribution in [1.29, 1.82) is 0 Å². The van der Waals surface area contributed by atoms with Gasteiger partial charge in [0.05, 0.1) is 11.2 Å². The van der Waals surface area contributed by atoms with Gasteiger partial charge in [0.15, 0.2) is 0 Å². The van der Waals surface area contributed by atoms with Gasteiger partial charge in [0.2, 0.25) is 0 Å². The summed E-state index contributed by atoms with van der Waals surface area (Å²) in [4.78, 5) is 5.70. The van der Waals surface area contributed by atoms with Crippen LogP contribution in [-0.2, 0) is 0 Å². The Labute approximate surface area is 99.9 Å². The van der Waals surface area contributed by atoms with Crippen LogP contribution in [-0.4, -0.2) is 22.5 Å². The van der Waals surface area contributed by atoms with E-state index in [4.69, 9.17) is 0 Å². The average molecular weight is 242 g/mol. The zero-order chi connectivity index (χ0) is 10.7. The van der Waals surface area contributed by atoms with Gasteiger partial charge in [0, 0.05) is 17.0 Å². The number of rotatable bonds is 3. The molecule has 1 aromatic rings. The maximum Gasteiger partial charge on any atom is 0.0798 e. The van der Waals surface area contributed by atoms with E-state index in [9.17, 15) is 0 Å². The van der Waals surface area contributed by atoms with Gasteiger partial charge in [0.1, 0.15) is 0 Å². The van der Waals surface area contributed by atoms with Crippen LogP contribution in [0.5, 0.6) is 0 Å². The summed E-state index contributed by atoms with van der Waals surface area (Å²) in [6.07, 6.45) is 2.62. The first-order valence-corrected chi connectivity index (χ1v) is 7.54. The van der Waals surface area contributed by atoms with Crippen molar-refractivity contribution in [3.05, 3.63) is 16.1 Å². The number of aromatic nitrogens is 1. The second kappa shape index (κ2) is 5.32. The second-order valence-corrected chi connectivity index (χ2v) is 6.19. The molecule has 2 rings (SSSR count). The Hall–Kier alpha value is -0.0600. The summed E-state index contributed by atoms with van der Waals surface area (Å²) in [6, 6.07) is 1.17. The lowest BCUT2D eigenvalue weighted by Crippen LogP contribution is -2.34. The van der Waals surface area contributed by atoms with Gasteiger partial charge in [0.25, 0.3) is 0 Å². The molecular weight excluding hydrogens is 224 g/mol. The Balaban J connectivity index is 1.91. The minimum absolute atomic E-state index is 0.464. The standard InChI is InChI=1S/C11H18N2S2/c1-8-11(15-7-12-8)9(2)13-10-3-5-14-6-4-10/h7,9-10,13H,3-6H2,1-2H3. The normalized spacial score (nSPS) is 20.4. The fraction of sp³-hybridized carbons (Fsp3) is 0.727. The molecular formula is C11H18N2S2. The predicted molar refractivity (Wildman–Crippen MR) is 68.7 cm³/mol. The van der Waals surface area contributed by atoms with Crippen LogP contribution in [0.25, 0.3) is 0 Å². The number of nitrogens with one attached hydrogen (secondary N) is 1. The quantitative estimate of drug-likeness (QED) is 0.882. The van der Waals surface area contributed by atoms with Crippen LogP contribution in [0.4, 0.5) is 0 Å². The molecule has 4 heteroatoms. The summed E-state index contributed by atoms with van der Waals surface area (Å²) in [5.41, 5.74) is 3.13. The molecule has 1 fully saturated rings. The number of hydrogen-bond acceptors (Lipinski definition) is 4. The molecule has 2 heterocycles. The molecule has 0 amide bonds. The SMILES string of the molecule is Cc1ncsc1C(C)NC1CCSCC1. The van der Waals surface area contributed by atoms with E-state index in [1.807, 2.05) is 5.51 Å². The zero-order valence-electron chi connectivity index (χ0n) is 9.32. The van der Waals surface area contributed by atoms with E-state index in [0.29, 0.717) is 12.1 Å². The molecule has 0 bridgehead atoms. The lowest BCUT2D eigenvalue weighted by molar-refractivity contribution is 0.433. The Morgan fingerprint density at radius 3 is 2.80 bits per heavy atom. The van der Waals surface area contributed by atoms with Gasteiger partial charge in [-0.05, 0) is 38.2 Å². The lowest BCUT2D eigenvalue weighted by atomic mass is 10.1. The van der Waals surface area contributed by atoms with Crippen LogP contribution < -0.4 is 5.32 Å². The number of aryl methyl sites for hydroxylation is 1. The van der Waals surface area contributed by atoms with Crippen molar-refractivity contribution in [1.82, 2.24) is 10.3 Å². The summed E-state index contributed by atoms with van der Waals surface area (Å²) in [5.74, 6) is 2.62. The molecule has 0 aliphatic carbocycles. The zero-order valence-corrected chi connectivity index (χ0v) is 11.0. The first-order chi connectivity index (χ1) is 7.27. The first kappa shape index (κ1) is 11.4. The molecule has 1 saturated heterocycles. The van der Waals surface area contributed by atoms with Gasteiger partial charge in [-0.2, -0.15) is 11.8 Å². The van der Waals surface area contributed by atoms with Crippen molar-refractivity contribution in [2.45, 2.75) is 38.8 Å². The van der Waals surface area contributed by atoms with E-state index in [1.165, 1.54) is 34.9 Å². The monoisotopic (exact) mass is 242 g/mol. The van der Waals surface area contributed by atoms with Crippen LogP contribution in [0.1, 0.15) is 36.4 Å². The third-order valence-electron chi connectivity index (χ3n) is 2.88. The molecule has 1 aliphatic rings. The molecule has 0 saturated carbocycles. The highest BCUT2D eigenvalue weighted by atomic mass is 32.2. The Morgan fingerprint density at radius 2 is 2.20 bits per heavy atom. The van der Waals surface area contributed by atoms with Gasteiger partial charge in [-0.15, -0.1) is 11.3 Å². The van der Waals surface area contributed by atoms with Crippen LogP contribution in [0.3, 0.4) is 0 Å². The number of nitrogens with zero attached hydrogens (tertiary/aromatic N) is 1. The van der Waals surface area contributed by atoms with Crippen LogP contribution in [0, 0.1) is 6.92 Å². The van der Waals surface area contributed by atoms with Crippen molar-refractivity contribution in [3.63, 3.8) is 0 Å². The number of thiazole rings is 1. The van der Waals surface area contributed by atoms with E-state index in [2.05, 4.69) is 35.9 Å². The van der Waals surface area contributed by atoms with Crippen molar-refractivity contribution in [2.24, 2.45) is 0 Å². The van der Waals surface area contributed by atoms with E-state index in [-0.39, 0.29) is 0 Å².